The molecule has 9 nitrogen and oxygen atoms in total. The molecule has 9 heteroatoms. The number of carbonyl (C=O) groups excluding carboxylic acids is 4. The zero-order chi connectivity index (χ0) is 44.3. The Morgan fingerprint density at radius 1 is 0.350 bits per heavy atom. The molecule has 0 amide bonds. The average Bonchev–Trinajstić information content (AvgIpc) is 3.21. The molecule has 0 aliphatic carbocycles. The number of unbranched alkanes of at least 4 members (excludes halogenated alkanes) is 22. The number of likely N-dealkylation sites (N-methyl/N-ethyl adjacent to an activating group) is 1. The van der Waals surface area contributed by atoms with Gasteiger partial charge in [-0.05, 0) is 91.1 Å². The number of carbonyl (C=O) groups is 4. The smallest absolute Gasteiger partial charge is 0.306 e. The normalized spacial score (nSPS) is 12.5. The highest BCUT2D eigenvalue weighted by Crippen LogP contribution is 2.20. The van der Waals surface area contributed by atoms with E-state index in [1.165, 1.54) is 116 Å². The van der Waals surface area contributed by atoms with Gasteiger partial charge in [0.15, 0.2) is 0 Å². The molecule has 0 aromatic heterocycles. The summed E-state index contributed by atoms with van der Waals surface area (Å²) in [6.45, 7) is 9.37. The van der Waals surface area contributed by atoms with Gasteiger partial charge in [-0.3, -0.25) is 19.2 Å². The summed E-state index contributed by atoms with van der Waals surface area (Å²) < 4.78 is 23.1. The highest BCUT2D eigenvalue weighted by Gasteiger charge is 2.19. The molecule has 0 saturated carbocycles. The lowest BCUT2D eigenvalue weighted by atomic mass is 10.0. The van der Waals surface area contributed by atoms with Crippen LogP contribution >= 0.6 is 0 Å². The topological polar surface area (TPSA) is 108 Å². The van der Waals surface area contributed by atoms with Gasteiger partial charge < -0.3 is 23.8 Å². The van der Waals surface area contributed by atoms with Gasteiger partial charge in [0.2, 0.25) is 0 Å². The van der Waals surface area contributed by atoms with Crippen molar-refractivity contribution in [2.75, 3.05) is 27.2 Å². The van der Waals surface area contributed by atoms with Crippen molar-refractivity contribution >= 4 is 23.9 Å². The van der Waals surface area contributed by atoms with Crippen molar-refractivity contribution in [2.45, 2.75) is 277 Å². The molecule has 0 heterocycles. The Kier molecular flexibility index (Phi) is 41.9. The van der Waals surface area contributed by atoms with Crippen molar-refractivity contribution in [3.63, 3.8) is 0 Å². The monoisotopic (exact) mass is 852 g/mol. The largest absolute Gasteiger partial charge is 0.462 e. The first-order valence-electron chi connectivity index (χ1n) is 25.5. The fourth-order valence-corrected chi connectivity index (χ4v) is 7.73. The Morgan fingerprint density at radius 2 is 0.617 bits per heavy atom. The molecule has 0 aromatic rings. The maximum absolute atomic E-state index is 12.7. The number of ether oxygens (including phenoxy) is 4. The number of nitrogens with zero attached hydrogens (tertiary/aromatic N) is 1. The number of hydrogen-bond donors (Lipinski definition) is 0. The molecule has 354 valence electrons. The third kappa shape index (κ3) is 39.9. The summed E-state index contributed by atoms with van der Waals surface area (Å²) in [6, 6.07) is 0. The summed E-state index contributed by atoms with van der Waals surface area (Å²) >= 11 is 0. The summed E-state index contributed by atoms with van der Waals surface area (Å²) in [6.07, 6.45) is 35.7. The van der Waals surface area contributed by atoms with Gasteiger partial charge >= 0.3 is 23.9 Å². The van der Waals surface area contributed by atoms with E-state index in [-0.39, 0.29) is 55.5 Å². The summed E-state index contributed by atoms with van der Waals surface area (Å²) in [7, 11) is 3.78. The summed E-state index contributed by atoms with van der Waals surface area (Å²) in [5.74, 6) is -0.912. The maximum atomic E-state index is 12.7. The van der Waals surface area contributed by atoms with Crippen molar-refractivity contribution in [2.24, 2.45) is 0 Å². The number of rotatable bonds is 45. The van der Waals surface area contributed by atoms with Gasteiger partial charge in [0.05, 0.1) is 0 Å². The third-order valence-corrected chi connectivity index (χ3v) is 11.4. The first-order chi connectivity index (χ1) is 29.1. The highest BCUT2D eigenvalue weighted by molar-refractivity contribution is 5.71. The first-order valence-corrected chi connectivity index (χ1v) is 25.5. The Morgan fingerprint density at radius 3 is 0.967 bits per heavy atom. The van der Waals surface area contributed by atoms with E-state index in [0.29, 0.717) is 38.6 Å². The van der Waals surface area contributed by atoms with Gasteiger partial charge in [-0.1, -0.05) is 156 Å². The van der Waals surface area contributed by atoms with Crippen molar-refractivity contribution < 1.29 is 38.1 Å². The van der Waals surface area contributed by atoms with Gasteiger partial charge in [0, 0.05) is 32.2 Å². The summed E-state index contributed by atoms with van der Waals surface area (Å²) in [5, 5.41) is 0. The fraction of sp³-hybridized carbons (Fsp3) is 0.922. The predicted molar refractivity (Wildman–Crippen MR) is 248 cm³/mol. The van der Waals surface area contributed by atoms with Crippen LogP contribution in [-0.2, 0) is 38.1 Å². The predicted octanol–water partition coefficient (Wildman–Crippen LogP) is 13.9. The molecule has 0 saturated heterocycles. The Bertz CT molecular complexity index is 988. The van der Waals surface area contributed by atoms with E-state index in [0.717, 1.165) is 70.6 Å². The summed E-state index contributed by atoms with van der Waals surface area (Å²) in [4.78, 5) is 52.6. The molecule has 0 aliphatic heterocycles. The maximum Gasteiger partial charge on any atom is 0.306 e. The van der Waals surface area contributed by atoms with E-state index in [1.807, 2.05) is 19.0 Å². The number of hydrogen-bond acceptors (Lipinski definition) is 9. The SMILES string of the molecule is CCCCCCCCC(CCCCCCCC)OC(=O)CCCCCCC(=O)OC(COC(=O)CCCCC(=O)OC(CCCCCC)CCCCCCCC)CN(C)C. The second-order valence-corrected chi connectivity index (χ2v) is 17.9. The van der Waals surface area contributed by atoms with Gasteiger partial charge in [-0.2, -0.15) is 0 Å². The Hall–Kier alpha value is -2.16. The van der Waals surface area contributed by atoms with Crippen LogP contribution in [0.4, 0.5) is 0 Å². The lowest BCUT2D eigenvalue weighted by Crippen LogP contribution is -2.34. The second kappa shape index (κ2) is 43.5. The van der Waals surface area contributed by atoms with Gasteiger partial charge in [0.1, 0.15) is 24.9 Å². The van der Waals surface area contributed by atoms with E-state index < -0.39 is 6.10 Å². The van der Waals surface area contributed by atoms with Crippen molar-refractivity contribution in [1.82, 2.24) is 4.90 Å². The van der Waals surface area contributed by atoms with Gasteiger partial charge in [-0.25, -0.2) is 0 Å². The lowest BCUT2D eigenvalue weighted by molar-refractivity contribution is -0.160. The minimum Gasteiger partial charge on any atom is -0.462 e. The van der Waals surface area contributed by atoms with Crippen LogP contribution in [0.1, 0.15) is 259 Å². The summed E-state index contributed by atoms with van der Waals surface area (Å²) in [5.41, 5.74) is 0. The van der Waals surface area contributed by atoms with E-state index in [9.17, 15) is 19.2 Å². The standard InChI is InChI=1S/C51H97NO8/c1-7-11-15-19-22-28-36-45(35-27-18-14-10-4)59-50(55)42-34-33-39-48(53)57-44-47(43-52(5)6)60-51(56)41-32-26-25-31-40-49(54)58-46(37-29-23-20-16-12-8-2)38-30-24-21-17-13-9-3/h45-47H,7-44H2,1-6H3. The molecule has 0 radical (unpaired) electrons. The van der Waals surface area contributed by atoms with E-state index >= 15 is 0 Å². The molecule has 0 fully saturated rings. The second-order valence-electron chi connectivity index (χ2n) is 17.9. The molecular weight excluding hydrogens is 755 g/mol. The van der Waals surface area contributed by atoms with Crippen LogP contribution in [0.2, 0.25) is 0 Å². The zero-order valence-corrected chi connectivity index (χ0v) is 40.3. The van der Waals surface area contributed by atoms with E-state index in [4.69, 9.17) is 18.9 Å². The molecule has 2 unspecified atom stereocenters. The first kappa shape index (κ1) is 57.8. The van der Waals surface area contributed by atoms with Crippen LogP contribution in [0.15, 0.2) is 0 Å². The van der Waals surface area contributed by atoms with Crippen molar-refractivity contribution in [3.05, 3.63) is 0 Å². The zero-order valence-electron chi connectivity index (χ0n) is 40.3. The average molecular weight is 852 g/mol. The van der Waals surface area contributed by atoms with Crippen LogP contribution in [0, 0.1) is 0 Å². The Balaban J connectivity index is 4.45. The van der Waals surface area contributed by atoms with Crippen LogP contribution in [0.25, 0.3) is 0 Å². The van der Waals surface area contributed by atoms with Gasteiger partial charge in [0.25, 0.3) is 0 Å². The molecule has 60 heavy (non-hydrogen) atoms. The quantitative estimate of drug-likeness (QED) is 0.0336. The van der Waals surface area contributed by atoms with Crippen molar-refractivity contribution in [1.29, 1.82) is 0 Å². The molecule has 0 aliphatic rings. The Labute approximate surface area is 370 Å². The molecule has 0 bridgehead atoms. The van der Waals surface area contributed by atoms with E-state index in [1.54, 1.807) is 0 Å². The molecule has 0 aromatic carbocycles. The lowest BCUT2D eigenvalue weighted by Gasteiger charge is -2.21. The fourth-order valence-electron chi connectivity index (χ4n) is 7.73. The third-order valence-electron chi connectivity index (χ3n) is 11.4. The molecule has 2 atom stereocenters. The molecule has 0 spiro atoms. The van der Waals surface area contributed by atoms with Crippen LogP contribution in [0.5, 0.6) is 0 Å². The van der Waals surface area contributed by atoms with Crippen molar-refractivity contribution in [3.8, 4) is 0 Å². The van der Waals surface area contributed by atoms with E-state index in [2.05, 4.69) is 27.7 Å². The highest BCUT2D eigenvalue weighted by atomic mass is 16.6. The molecule has 0 rings (SSSR count). The van der Waals surface area contributed by atoms with Crippen LogP contribution in [0.3, 0.4) is 0 Å². The minimum atomic E-state index is -0.553. The van der Waals surface area contributed by atoms with Crippen LogP contribution in [-0.4, -0.2) is 74.3 Å². The molecule has 0 N–H and O–H groups in total. The minimum absolute atomic E-state index is 0.00374. The number of esters is 4. The van der Waals surface area contributed by atoms with Gasteiger partial charge in [-0.15, -0.1) is 0 Å². The van der Waals surface area contributed by atoms with Crippen LogP contribution < -0.4 is 0 Å². The molecular formula is C51H97NO8.